The first-order valence-corrected chi connectivity index (χ1v) is 8.45. The van der Waals surface area contributed by atoms with Gasteiger partial charge in [0.2, 0.25) is 0 Å². The number of ether oxygens (including phenoxy) is 1. The van der Waals surface area contributed by atoms with Gasteiger partial charge >= 0.3 is 5.97 Å². The van der Waals surface area contributed by atoms with Gasteiger partial charge < -0.3 is 10.1 Å². The smallest absolute Gasteiger partial charge is 0.338 e. The van der Waals surface area contributed by atoms with E-state index in [1.54, 1.807) is 0 Å². The van der Waals surface area contributed by atoms with Crippen molar-refractivity contribution < 1.29 is 23.1 Å². The summed E-state index contributed by atoms with van der Waals surface area (Å²) in [5, 5.41) is 2.98. The van der Waals surface area contributed by atoms with E-state index in [1.165, 1.54) is 42.5 Å². The number of thioether (sulfide) groups is 1. The summed E-state index contributed by atoms with van der Waals surface area (Å²) in [6.07, 6.45) is 0. The number of carbonyl (C=O) groups excluding carboxylic acids is 2. The topological polar surface area (TPSA) is 55.4 Å². The van der Waals surface area contributed by atoms with Crippen molar-refractivity contribution in [2.45, 2.75) is 10.7 Å². The average molecular weight is 406 g/mol. The zero-order chi connectivity index (χ0) is 18.4. The molecule has 0 bridgehead atoms. The number of carbonyl (C=O) groups is 2. The fourth-order valence-corrected chi connectivity index (χ4v) is 2.55. The number of amides is 1. The maximum atomic E-state index is 12.2. The fraction of sp³-hybridized carbons (Fsp3) is 0.125. The molecule has 2 aromatic carbocycles. The molecule has 0 unspecified atom stereocenters. The molecule has 4 nitrogen and oxygen atoms in total. The van der Waals surface area contributed by atoms with Gasteiger partial charge in [-0.05, 0) is 42.5 Å². The lowest BCUT2D eigenvalue weighted by Crippen LogP contribution is -2.20. The summed E-state index contributed by atoms with van der Waals surface area (Å²) in [4.78, 5) is 24.0. The number of hydrogen-bond acceptors (Lipinski definition) is 4. The summed E-state index contributed by atoms with van der Waals surface area (Å²) in [6, 6.07) is 10.1. The molecule has 0 spiro atoms. The second-order valence-electron chi connectivity index (χ2n) is 4.66. The van der Waals surface area contributed by atoms with Gasteiger partial charge in [0, 0.05) is 10.6 Å². The lowest BCUT2D eigenvalue weighted by atomic mass is 10.2. The van der Waals surface area contributed by atoms with Crippen molar-refractivity contribution in [2.24, 2.45) is 0 Å². The molecule has 0 radical (unpaired) electrons. The third kappa shape index (κ3) is 6.19. The molecule has 1 amide bonds. The number of anilines is 1. The Balaban J connectivity index is 1.85. The van der Waals surface area contributed by atoms with E-state index in [2.05, 4.69) is 5.32 Å². The van der Waals surface area contributed by atoms with Crippen LogP contribution in [0.25, 0.3) is 0 Å². The lowest BCUT2D eigenvalue weighted by molar-refractivity contribution is -0.119. The number of benzene rings is 2. The Morgan fingerprint density at radius 2 is 1.76 bits per heavy atom. The molecular weight excluding hydrogens is 395 g/mol. The second kappa shape index (κ2) is 9.03. The Morgan fingerprint density at radius 3 is 2.36 bits per heavy atom. The van der Waals surface area contributed by atoms with Gasteiger partial charge in [0.1, 0.15) is 0 Å². The molecule has 2 rings (SSSR count). The summed E-state index contributed by atoms with van der Waals surface area (Å²) >= 11 is 12.0. The van der Waals surface area contributed by atoms with Crippen molar-refractivity contribution in [1.29, 1.82) is 0 Å². The van der Waals surface area contributed by atoms with Gasteiger partial charge in [-0.25, -0.2) is 4.79 Å². The molecule has 0 aliphatic carbocycles. The van der Waals surface area contributed by atoms with E-state index in [0.717, 1.165) is 0 Å². The van der Waals surface area contributed by atoms with Gasteiger partial charge in [0.25, 0.3) is 11.7 Å². The quantitative estimate of drug-likeness (QED) is 0.536. The highest BCUT2D eigenvalue weighted by Gasteiger charge is 2.12. The second-order valence-corrected chi connectivity index (χ2v) is 6.53. The zero-order valence-electron chi connectivity index (χ0n) is 12.5. The Kier molecular flexibility index (Phi) is 7.04. The van der Waals surface area contributed by atoms with E-state index >= 15 is 0 Å². The minimum atomic E-state index is -2.51. The van der Waals surface area contributed by atoms with Crippen molar-refractivity contribution in [1.82, 2.24) is 0 Å². The van der Waals surface area contributed by atoms with Crippen LogP contribution in [0.1, 0.15) is 10.4 Å². The van der Waals surface area contributed by atoms with Crippen LogP contribution in [-0.2, 0) is 9.53 Å². The van der Waals surface area contributed by atoms with Crippen LogP contribution in [0.3, 0.4) is 0 Å². The summed E-state index contributed by atoms with van der Waals surface area (Å²) < 4.78 is 29.3. The van der Waals surface area contributed by atoms with Crippen LogP contribution in [0, 0.1) is 0 Å². The third-order valence-electron chi connectivity index (χ3n) is 2.85. The molecule has 0 fully saturated rings. The normalized spacial score (nSPS) is 10.6. The van der Waals surface area contributed by atoms with Crippen LogP contribution in [-0.4, -0.2) is 24.2 Å². The summed E-state index contributed by atoms with van der Waals surface area (Å²) in [7, 11) is 0. The van der Waals surface area contributed by atoms with Gasteiger partial charge in [-0.1, -0.05) is 35.0 Å². The van der Waals surface area contributed by atoms with Crippen LogP contribution in [0.15, 0.2) is 47.4 Å². The lowest BCUT2D eigenvalue weighted by Gasteiger charge is -2.08. The van der Waals surface area contributed by atoms with Crippen molar-refractivity contribution >= 4 is 52.5 Å². The van der Waals surface area contributed by atoms with Crippen molar-refractivity contribution in [2.75, 3.05) is 11.9 Å². The monoisotopic (exact) mass is 405 g/mol. The highest BCUT2D eigenvalue weighted by Crippen LogP contribution is 2.26. The maximum Gasteiger partial charge on any atom is 0.338 e. The molecule has 1 N–H and O–H groups in total. The predicted octanol–water partition coefficient (Wildman–Crippen LogP) is 5.10. The molecule has 0 heterocycles. The zero-order valence-corrected chi connectivity index (χ0v) is 14.8. The Labute approximate surface area is 156 Å². The summed E-state index contributed by atoms with van der Waals surface area (Å²) in [6.45, 7) is -0.507. The number of nitrogens with one attached hydrogen (secondary N) is 1. The molecule has 132 valence electrons. The van der Waals surface area contributed by atoms with Crippen molar-refractivity contribution in [3.63, 3.8) is 0 Å². The number of hydrogen-bond donors (Lipinski definition) is 1. The van der Waals surface area contributed by atoms with Gasteiger partial charge in [-0.3, -0.25) is 4.79 Å². The first kappa shape index (κ1) is 19.5. The van der Waals surface area contributed by atoms with E-state index in [-0.39, 0.29) is 10.6 Å². The van der Waals surface area contributed by atoms with Gasteiger partial charge in [0.15, 0.2) is 6.61 Å². The number of halogens is 4. The van der Waals surface area contributed by atoms with Crippen LogP contribution in [0.5, 0.6) is 0 Å². The molecule has 0 saturated carbocycles. The standard InChI is InChI=1S/C16H11Cl2F2NO3S/c17-12-6-1-9(7-13(12)18)15(23)24-8-14(22)21-10-2-4-11(5-3-10)25-16(19)20/h1-7,16H,8H2,(H,21,22). The van der Waals surface area contributed by atoms with Gasteiger partial charge in [-0.2, -0.15) is 8.78 Å². The highest BCUT2D eigenvalue weighted by molar-refractivity contribution is 7.99. The molecule has 25 heavy (non-hydrogen) atoms. The highest BCUT2D eigenvalue weighted by atomic mass is 35.5. The summed E-state index contributed by atoms with van der Waals surface area (Å²) in [5.41, 5.74) is 0.560. The van der Waals surface area contributed by atoms with Crippen molar-refractivity contribution in [3.05, 3.63) is 58.1 Å². The van der Waals surface area contributed by atoms with Crippen molar-refractivity contribution in [3.8, 4) is 0 Å². The summed E-state index contributed by atoms with van der Waals surface area (Å²) in [5.74, 6) is -3.80. The molecule has 0 atom stereocenters. The Hall–Kier alpha value is -1.83. The minimum Gasteiger partial charge on any atom is -0.452 e. The van der Waals surface area contributed by atoms with E-state index in [1.807, 2.05) is 0 Å². The minimum absolute atomic E-state index is 0.163. The number of alkyl halides is 2. The fourth-order valence-electron chi connectivity index (χ4n) is 1.75. The van der Waals surface area contributed by atoms with Gasteiger partial charge in [-0.15, -0.1) is 0 Å². The largest absolute Gasteiger partial charge is 0.452 e. The van der Waals surface area contributed by atoms with Gasteiger partial charge in [0.05, 0.1) is 15.6 Å². The van der Waals surface area contributed by atoms with E-state index in [9.17, 15) is 18.4 Å². The Morgan fingerprint density at radius 1 is 1.08 bits per heavy atom. The molecule has 0 aliphatic heterocycles. The number of rotatable bonds is 6. The molecule has 9 heteroatoms. The predicted molar refractivity (Wildman–Crippen MR) is 93.7 cm³/mol. The van der Waals surface area contributed by atoms with Crippen LogP contribution < -0.4 is 5.32 Å². The first-order valence-electron chi connectivity index (χ1n) is 6.82. The van der Waals surface area contributed by atoms with E-state index < -0.39 is 24.2 Å². The van der Waals surface area contributed by atoms with E-state index in [4.69, 9.17) is 27.9 Å². The molecule has 0 aromatic heterocycles. The van der Waals surface area contributed by atoms with E-state index in [0.29, 0.717) is 27.4 Å². The van der Waals surface area contributed by atoms with Crippen LogP contribution in [0.4, 0.5) is 14.5 Å². The third-order valence-corrected chi connectivity index (χ3v) is 4.31. The SMILES string of the molecule is O=C(COC(=O)c1ccc(Cl)c(Cl)c1)Nc1ccc(SC(F)F)cc1. The maximum absolute atomic E-state index is 12.2. The average Bonchev–Trinajstić information content (AvgIpc) is 2.56. The first-order chi connectivity index (χ1) is 11.8. The molecular formula is C16H11Cl2F2NO3S. The molecule has 0 saturated heterocycles. The molecule has 0 aliphatic rings. The Bertz CT molecular complexity index is 772. The van der Waals surface area contributed by atoms with Crippen LogP contribution >= 0.6 is 35.0 Å². The number of esters is 1. The van der Waals surface area contributed by atoms with Crippen LogP contribution in [0.2, 0.25) is 10.0 Å². The molecule has 2 aromatic rings.